The average molecular weight is 255 g/mol. The van der Waals surface area contributed by atoms with Gasteiger partial charge < -0.3 is 0 Å². The molecule has 1 aliphatic carbocycles. The number of ketones is 2. The first-order valence-electron chi connectivity index (χ1n) is 6.59. The van der Waals surface area contributed by atoms with Crippen molar-refractivity contribution >= 4 is 11.6 Å². The lowest BCUT2D eigenvalue weighted by Gasteiger charge is -2.25. The van der Waals surface area contributed by atoms with Crippen LogP contribution < -0.4 is 0 Å². The Morgan fingerprint density at radius 1 is 1.21 bits per heavy atom. The number of nitrogens with zero attached hydrogens (tertiary/aromatic N) is 1. The molecule has 3 nitrogen and oxygen atoms in total. The highest BCUT2D eigenvalue weighted by Gasteiger charge is 2.35. The summed E-state index contributed by atoms with van der Waals surface area (Å²) in [4.78, 5) is 24.4. The molecule has 0 spiro atoms. The molecule has 0 aliphatic heterocycles. The summed E-state index contributed by atoms with van der Waals surface area (Å²) < 4.78 is 0. The van der Waals surface area contributed by atoms with Crippen molar-refractivity contribution in [2.75, 3.05) is 0 Å². The van der Waals surface area contributed by atoms with Crippen LogP contribution in [0.2, 0.25) is 0 Å². The van der Waals surface area contributed by atoms with Crippen LogP contribution in [0.4, 0.5) is 0 Å². The molecule has 1 aromatic carbocycles. The number of aryl methyl sites for hydroxylation is 2. The van der Waals surface area contributed by atoms with Gasteiger partial charge in [-0.2, -0.15) is 5.26 Å². The van der Waals surface area contributed by atoms with Crippen molar-refractivity contribution in [2.45, 2.75) is 33.1 Å². The molecular formula is C16H17NO2. The van der Waals surface area contributed by atoms with Gasteiger partial charge >= 0.3 is 0 Å². The van der Waals surface area contributed by atoms with Crippen LogP contribution in [0.15, 0.2) is 18.2 Å². The minimum Gasteiger partial charge on any atom is -0.297 e. The number of nitriles is 1. The fourth-order valence-corrected chi connectivity index (χ4v) is 2.46. The van der Waals surface area contributed by atoms with Crippen LogP contribution in [0.3, 0.4) is 0 Å². The zero-order chi connectivity index (χ0) is 14.0. The van der Waals surface area contributed by atoms with Gasteiger partial charge in [0.1, 0.15) is 0 Å². The van der Waals surface area contributed by atoms with Crippen LogP contribution in [0, 0.1) is 37.0 Å². The van der Waals surface area contributed by atoms with Crippen LogP contribution >= 0.6 is 0 Å². The SMILES string of the molecule is Cc1cc(C)cc(C(=O)C(C#N)C(=O)C2CCC2)c1. The van der Waals surface area contributed by atoms with Crippen molar-refractivity contribution in [1.82, 2.24) is 0 Å². The predicted molar refractivity (Wildman–Crippen MR) is 71.7 cm³/mol. The van der Waals surface area contributed by atoms with E-state index in [-0.39, 0.29) is 17.5 Å². The highest BCUT2D eigenvalue weighted by Crippen LogP contribution is 2.30. The van der Waals surface area contributed by atoms with E-state index < -0.39 is 5.92 Å². The summed E-state index contributed by atoms with van der Waals surface area (Å²) in [5.41, 5.74) is 2.41. The molecule has 0 radical (unpaired) electrons. The van der Waals surface area contributed by atoms with E-state index in [0.717, 1.165) is 30.4 Å². The Balaban J connectivity index is 2.25. The number of rotatable bonds is 4. The summed E-state index contributed by atoms with van der Waals surface area (Å²) >= 11 is 0. The highest BCUT2D eigenvalue weighted by atomic mass is 16.2. The number of hydrogen-bond donors (Lipinski definition) is 0. The molecule has 1 fully saturated rings. The molecule has 0 N–H and O–H groups in total. The molecule has 0 heterocycles. The third-order valence-electron chi connectivity index (χ3n) is 3.69. The second-order valence-corrected chi connectivity index (χ2v) is 5.33. The maximum absolute atomic E-state index is 12.3. The van der Waals surface area contributed by atoms with Crippen LogP contribution in [0.1, 0.15) is 40.7 Å². The molecule has 0 aromatic heterocycles. The van der Waals surface area contributed by atoms with Crippen molar-refractivity contribution in [3.8, 4) is 6.07 Å². The molecule has 1 unspecified atom stereocenters. The summed E-state index contributed by atoms with van der Waals surface area (Å²) in [6, 6.07) is 7.34. The van der Waals surface area contributed by atoms with Crippen LogP contribution in [-0.2, 0) is 4.79 Å². The lowest BCUT2D eigenvalue weighted by molar-refractivity contribution is -0.126. The third-order valence-corrected chi connectivity index (χ3v) is 3.69. The van der Waals surface area contributed by atoms with Crippen molar-refractivity contribution in [3.63, 3.8) is 0 Å². The quantitative estimate of drug-likeness (QED) is 0.614. The molecule has 3 heteroatoms. The third kappa shape index (κ3) is 2.73. The normalized spacial score (nSPS) is 16.3. The van der Waals surface area contributed by atoms with Crippen molar-refractivity contribution < 1.29 is 9.59 Å². The Hall–Kier alpha value is -1.95. The fourth-order valence-electron chi connectivity index (χ4n) is 2.46. The highest BCUT2D eigenvalue weighted by molar-refractivity contribution is 6.13. The number of Topliss-reactive ketones (excluding diaryl/α,β-unsaturated/α-hetero) is 2. The Bertz CT molecular complexity index is 544. The van der Waals surface area contributed by atoms with Gasteiger partial charge in [-0.25, -0.2) is 0 Å². The molecular weight excluding hydrogens is 238 g/mol. The van der Waals surface area contributed by atoms with Gasteiger partial charge in [0.15, 0.2) is 17.5 Å². The fraction of sp³-hybridized carbons (Fsp3) is 0.438. The molecule has 1 aromatic rings. The van der Waals surface area contributed by atoms with E-state index in [1.54, 1.807) is 12.1 Å². The van der Waals surface area contributed by atoms with E-state index in [1.807, 2.05) is 26.0 Å². The van der Waals surface area contributed by atoms with Crippen LogP contribution in [0.5, 0.6) is 0 Å². The van der Waals surface area contributed by atoms with E-state index in [9.17, 15) is 9.59 Å². The van der Waals surface area contributed by atoms with Gasteiger partial charge in [0, 0.05) is 11.5 Å². The van der Waals surface area contributed by atoms with E-state index in [2.05, 4.69) is 0 Å². The van der Waals surface area contributed by atoms with Gasteiger partial charge in [0.25, 0.3) is 0 Å². The van der Waals surface area contributed by atoms with Gasteiger partial charge in [-0.15, -0.1) is 0 Å². The van der Waals surface area contributed by atoms with Crippen molar-refractivity contribution in [3.05, 3.63) is 34.9 Å². The Morgan fingerprint density at radius 3 is 2.21 bits per heavy atom. The maximum atomic E-state index is 12.3. The van der Waals surface area contributed by atoms with Crippen molar-refractivity contribution in [2.24, 2.45) is 11.8 Å². The molecule has 1 aliphatic rings. The van der Waals surface area contributed by atoms with Crippen LogP contribution in [-0.4, -0.2) is 11.6 Å². The summed E-state index contributed by atoms with van der Waals surface area (Å²) in [5.74, 6) is -1.77. The van der Waals surface area contributed by atoms with Gasteiger partial charge in [-0.3, -0.25) is 9.59 Å². The Labute approximate surface area is 113 Å². The van der Waals surface area contributed by atoms with E-state index >= 15 is 0 Å². The molecule has 0 saturated heterocycles. The maximum Gasteiger partial charge on any atom is 0.187 e. The molecule has 19 heavy (non-hydrogen) atoms. The topological polar surface area (TPSA) is 57.9 Å². The minimum absolute atomic E-state index is 0.0838. The summed E-state index contributed by atoms with van der Waals surface area (Å²) in [7, 11) is 0. The zero-order valence-electron chi connectivity index (χ0n) is 11.3. The zero-order valence-corrected chi connectivity index (χ0v) is 11.3. The lowest BCUT2D eigenvalue weighted by Crippen LogP contribution is -2.32. The second kappa shape index (κ2) is 5.36. The molecule has 0 bridgehead atoms. The first-order valence-corrected chi connectivity index (χ1v) is 6.59. The predicted octanol–water partition coefficient (Wildman–Crippen LogP) is 3.00. The number of carbonyl (C=O) groups excluding carboxylic acids is 2. The standard InChI is InChI=1S/C16H17NO2/c1-10-6-11(2)8-13(7-10)16(19)14(9-17)15(18)12-4-3-5-12/h6-8,12,14H,3-5H2,1-2H3. The number of benzene rings is 1. The Morgan fingerprint density at radius 2 is 1.79 bits per heavy atom. The second-order valence-electron chi connectivity index (χ2n) is 5.33. The summed E-state index contributed by atoms with van der Waals surface area (Å²) in [6.07, 6.45) is 2.65. The van der Waals surface area contributed by atoms with Gasteiger partial charge in [-0.1, -0.05) is 23.6 Å². The van der Waals surface area contributed by atoms with Gasteiger partial charge in [0.05, 0.1) is 6.07 Å². The molecule has 1 saturated carbocycles. The lowest BCUT2D eigenvalue weighted by atomic mass is 9.76. The number of hydrogen-bond acceptors (Lipinski definition) is 3. The van der Waals surface area contributed by atoms with Gasteiger partial charge in [0.2, 0.25) is 0 Å². The summed E-state index contributed by atoms with van der Waals surface area (Å²) in [5, 5.41) is 9.14. The number of carbonyl (C=O) groups is 2. The van der Waals surface area contributed by atoms with E-state index in [1.165, 1.54) is 0 Å². The largest absolute Gasteiger partial charge is 0.297 e. The van der Waals surface area contributed by atoms with Gasteiger partial charge in [-0.05, 0) is 38.8 Å². The monoisotopic (exact) mass is 255 g/mol. The minimum atomic E-state index is -1.13. The molecule has 0 amide bonds. The van der Waals surface area contributed by atoms with E-state index in [0.29, 0.717) is 5.56 Å². The first kappa shape index (κ1) is 13.5. The molecule has 1 atom stereocenters. The smallest absolute Gasteiger partial charge is 0.187 e. The average Bonchev–Trinajstić information content (AvgIpc) is 2.26. The van der Waals surface area contributed by atoms with E-state index in [4.69, 9.17) is 5.26 Å². The van der Waals surface area contributed by atoms with Crippen molar-refractivity contribution in [1.29, 1.82) is 5.26 Å². The summed E-state index contributed by atoms with van der Waals surface area (Å²) in [6.45, 7) is 3.80. The first-order chi connectivity index (χ1) is 9.02. The Kier molecular flexibility index (Phi) is 3.80. The van der Waals surface area contributed by atoms with Crippen LogP contribution in [0.25, 0.3) is 0 Å². The molecule has 98 valence electrons. The molecule has 2 rings (SSSR count).